The molecule has 0 aromatic heterocycles. The Bertz CT molecular complexity index is 1020. The summed E-state index contributed by atoms with van der Waals surface area (Å²) in [5.41, 5.74) is 5.20. The van der Waals surface area contributed by atoms with Gasteiger partial charge in [0.05, 0.1) is 5.71 Å². The number of fused-ring (bicyclic) bond motifs is 1. The Labute approximate surface area is 165 Å². The fourth-order valence-corrected chi connectivity index (χ4v) is 3.53. The summed E-state index contributed by atoms with van der Waals surface area (Å²) in [4.78, 5) is 13.1. The van der Waals surface area contributed by atoms with Crippen molar-refractivity contribution < 1.29 is 4.79 Å². The van der Waals surface area contributed by atoms with Crippen LogP contribution in [0.25, 0.3) is 0 Å². The summed E-state index contributed by atoms with van der Waals surface area (Å²) in [6.45, 7) is 0. The fraction of sp³-hybridized carbons (Fsp3) is 0.160. The lowest BCUT2D eigenvalue weighted by Gasteiger charge is -2.08. The lowest BCUT2D eigenvalue weighted by molar-refractivity contribution is 0.106. The molecule has 0 spiro atoms. The third-order valence-electron chi connectivity index (χ3n) is 5.01. The molecule has 0 saturated heterocycles. The van der Waals surface area contributed by atoms with Gasteiger partial charge in [-0.3, -0.25) is 4.79 Å². The zero-order valence-electron chi connectivity index (χ0n) is 15.7. The number of carbonyl (C=O) groups excluding carboxylic acids is 1. The molecule has 3 aromatic carbocycles. The second-order valence-electron chi connectivity index (χ2n) is 6.92. The molecule has 138 valence electrons. The summed E-state index contributed by atoms with van der Waals surface area (Å²) in [5.74, 6) is -0.113. The van der Waals surface area contributed by atoms with Crippen molar-refractivity contribution in [2.45, 2.75) is 25.7 Å². The monoisotopic (exact) mass is 366 g/mol. The normalized spacial score (nSPS) is 15.7. The van der Waals surface area contributed by atoms with Crippen molar-refractivity contribution in [3.63, 3.8) is 0 Å². The van der Waals surface area contributed by atoms with Gasteiger partial charge in [-0.05, 0) is 31.2 Å². The summed E-state index contributed by atoms with van der Waals surface area (Å²) in [6, 6.07) is 27.2. The molecule has 3 heteroatoms. The van der Waals surface area contributed by atoms with Crippen LogP contribution in [-0.2, 0) is 6.42 Å². The first-order valence-corrected chi connectivity index (χ1v) is 9.71. The van der Waals surface area contributed by atoms with E-state index in [1.165, 1.54) is 5.56 Å². The van der Waals surface area contributed by atoms with Gasteiger partial charge in [-0.25, -0.2) is 0 Å². The molecule has 0 radical (unpaired) electrons. The molecule has 0 atom stereocenters. The van der Waals surface area contributed by atoms with Gasteiger partial charge in [0, 0.05) is 16.7 Å². The van der Waals surface area contributed by atoms with E-state index in [0.29, 0.717) is 11.3 Å². The van der Waals surface area contributed by atoms with E-state index in [2.05, 4.69) is 28.4 Å². The molecule has 3 nitrogen and oxygen atoms in total. The van der Waals surface area contributed by atoms with Gasteiger partial charge in [0.25, 0.3) is 0 Å². The molecule has 0 amide bonds. The van der Waals surface area contributed by atoms with Gasteiger partial charge >= 0.3 is 0 Å². The molecule has 0 N–H and O–H groups in total. The van der Waals surface area contributed by atoms with Crippen LogP contribution >= 0.6 is 0 Å². The van der Waals surface area contributed by atoms with E-state index >= 15 is 0 Å². The van der Waals surface area contributed by atoms with Gasteiger partial charge in [0.15, 0.2) is 0 Å². The molecule has 0 unspecified atom stereocenters. The molecule has 28 heavy (non-hydrogen) atoms. The smallest absolute Gasteiger partial charge is 0.213 e. The number of carbonyl (C=O) groups is 1. The van der Waals surface area contributed by atoms with E-state index in [4.69, 9.17) is 0 Å². The molecule has 1 aliphatic rings. The quantitative estimate of drug-likeness (QED) is 0.260. The van der Waals surface area contributed by atoms with Crippen LogP contribution in [-0.4, -0.2) is 17.2 Å². The van der Waals surface area contributed by atoms with E-state index in [9.17, 15) is 4.79 Å². The third kappa shape index (κ3) is 3.99. The minimum absolute atomic E-state index is 0.113. The SMILES string of the molecule is O=C(/C(=N\N=C1\CCCCc2ccccc21)c1ccccc1)c1ccccc1. The molecule has 0 fully saturated rings. The maximum Gasteiger partial charge on any atom is 0.213 e. The van der Waals surface area contributed by atoms with Gasteiger partial charge in [0.1, 0.15) is 5.71 Å². The van der Waals surface area contributed by atoms with Crippen molar-refractivity contribution in [1.82, 2.24) is 0 Å². The summed E-state index contributed by atoms with van der Waals surface area (Å²) < 4.78 is 0. The molecule has 1 aliphatic carbocycles. The van der Waals surface area contributed by atoms with Gasteiger partial charge in [-0.1, -0.05) is 84.9 Å². The number of rotatable bonds is 4. The summed E-state index contributed by atoms with van der Waals surface area (Å²) in [7, 11) is 0. The predicted octanol–water partition coefficient (Wildman–Crippen LogP) is 5.49. The molecule has 0 aliphatic heterocycles. The van der Waals surface area contributed by atoms with Crippen molar-refractivity contribution in [2.24, 2.45) is 10.2 Å². The predicted molar refractivity (Wildman–Crippen MR) is 114 cm³/mol. The summed E-state index contributed by atoms with van der Waals surface area (Å²) in [5, 5.41) is 9.08. The Hall–Kier alpha value is -3.33. The Kier molecular flexibility index (Phi) is 5.53. The van der Waals surface area contributed by atoms with E-state index in [1.807, 2.05) is 66.7 Å². The van der Waals surface area contributed by atoms with Crippen molar-refractivity contribution in [3.05, 3.63) is 107 Å². The lowest BCUT2D eigenvalue weighted by atomic mass is 10.0. The van der Waals surface area contributed by atoms with Crippen molar-refractivity contribution in [3.8, 4) is 0 Å². The van der Waals surface area contributed by atoms with E-state index in [0.717, 1.165) is 42.5 Å². The second-order valence-corrected chi connectivity index (χ2v) is 6.92. The number of nitrogens with zero attached hydrogens (tertiary/aromatic N) is 2. The van der Waals surface area contributed by atoms with Crippen LogP contribution in [0.2, 0.25) is 0 Å². The third-order valence-corrected chi connectivity index (χ3v) is 5.01. The van der Waals surface area contributed by atoms with Crippen molar-refractivity contribution in [1.29, 1.82) is 0 Å². The minimum Gasteiger partial charge on any atom is -0.287 e. The number of Topliss-reactive ketones (excluding diaryl/α,β-unsaturated/α-hetero) is 1. The maximum absolute atomic E-state index is 13.1. The second kappa shape index (κ2) is 8.57. The highest BCUT2D eigenvalue weighted by Gasteiger charge is 2.17. The van der Waals surface area contributed by atoms with E-state index < -0.39 is 0 Å². The molecule has 4 rings (SSSR count). The van der Waals surface area contributed by atoms with Crippen LogP contribution in [0.4, 0.5) is 0 Å². The van der Waals surface area contributed by atoms with Gasteiger partial charge in [-0.2, -0.15) is 5.10 Å². The average Bonchev–Trinajstić information content (AvgIpc) is 2.97. The fourth-order valence-electron chi connectivity index (χ4n) is 3.53. The molecule has 0 saturated carbocycles. The first kappa shape index (κ1) is 18.1. The maximum atomic E-state index is 13.1. The molecule has 3 aromatic rings. The highest BCUT2D eigenvalue weighted by molar-refractivity contribution is 6.51. The van der Waals surface area contributed by atoms with Crippen LogP contribution in [0.5, 0.6) is 0 Å². The Balaban J connectivity index is 1.78. The highest BCUT2D eigenvalue weighted by Crippen LogP contribution is 2.21. The molecular formula is C25H22N2O. The van der Waals surface area contributed by atoms with Gasteiger partial charge < -0.3 is 0 Å². The lowest BCUT2D eigenvalue weighted by Crippen LogP contribution is -2.16. The van der Waals surface area contributed by atoms with E-state index in [-0.39, 0.29) is 5.78 Å². The van der Waals surface area contributed by atoms with Crippen LogP contribution in [0.1, 0.15) is 46.3 Å². The molecular weight excluding hydrogens is 344 g/mol. The Morgan fingerprint density at radius 2 is 1.29 bits per heavy atom. The summed E-state index contributed by atoms with van der Waals surface area (Å²) in [6.07, 6.45) is 4.17. The largest absolute Gasteiger partial charge is 0.287 e. The molecule has 0 bridgehead atoms. The van der Waals surface area contributed by atoms with Gasteiger partial charge in [-0.15, -0.1) is 5.10 Å². The number of benzene rings is 3. The zero-order valence-corrected chi connectivity index (χ0v) is 15.7. The number of hydrogen-bond donors (Lipinski definition) is 0. The van der Waals surface area contributed by atoms with Crippen LogP contribution in [0.3, 0.4) is 0 Å². The highest BCUT2D eigenvalue weighted by atomic mass is 16.1. The average molecular weight is 366 g/mol. The first-order chi connectivity index (χ1) is 13.8. The zero-order chi connectivity index (χ0) is 19.2. The number of hydrogen-bond acceptors (Lipinski definition) is 3. The number of ketones is 1. The number of aryl methyl sites for hydroxylation is 1. The van der Waals surface area contributed by atoms with Crippen LogP contribution < -0.4 is 0 Å². The van der Waals surface area contributed by atoms with Crippen LogP contribution in [0.15, 0.2) is 95.1 Å². The van der Waals surface area contributed by atoms with Crippen molar-refractivity contribution >= 4 is 17.2 Å². The standard InChI is InChI=1S/C25H22N2O/c28-25(21-15-5-2-6-16-21)24(20-13-3-1-4-14-20)27-26-23-18-10-8-12-19-11-7-9-17-22(19)23/h1-7,9,11,13-17H,8,10,12,18H2/b26-23-,27-24-. The van der Waals surface area contributed by atoms with Crippen LogP contribution in [0, 0.1) is 0 Å². The Morgan fingerprint density at radius 3 is 2.04 bits per heavy atom. The molecule has 0 heterocycles. The first-order valence-electron chi connectivity index (χ1n) is 9.71. The topological polar surface area (TPSA) is 41.8 Å². The van der Waals surface area contributed by atoms with E-state index in [1.54, 1.807) is 0 Å². The minimum atomic E-state index is -0.113. The van der Waals surface area contributed by atoms with Crippen molar-refractivity contribution in [2.75, 3.05) is 0 Å². The van der Waals surface area contributed by atoms with Gasteiger partial charge in [0.2, 0.25) is 5.78 Å². The summed E-state index contributed by atoms with van der Waals surface area (Å²) >= 11 is 0. The Morgan fingerprint density at radius 1 is 0.679 bits per heavy atom.